The van der Waals surface area contributed by atoms with E-state index in [4.69, 9.17) is 14.5 Å². The fraction of sp³-hybridized carbons (Fsp3) is 0.115. The predicted molar refractivity (Wildman–Crippen MR) is 140 cm³/mol. The molecule has 2 aromatic carbocycles. The lowest BCUT2D eigenvalue weighted by molar-refractivity contribution is 0.0600. The maximum absolute atomic E-state index is 13.2. The van der Waals surface area contributed by atoms with Gasteiger partial charge in [-0.3, -0.25) is 19.4 Å². The summed E-state index contributed by atoms with van der Waals surface area (Å²) >= 11 is 0. The molecule has 0 aliphatic carbocycles. The van der Waals surface area contributed by atoms with Crippen LogP contribution in [-0.4, -0.2) is 53.3 Å². The molecule has 38 heavy (non-hydrogen) atoms. The van der Waals surface area contributed by atoms with Crippen LogP contribution in [0.3, 0.4) is 0 Å². The van der Waals surface area contributed by atoms with Crippen LogP contribution in [0.15, 0.2) is 78.3 Å². The standard InChI is InChI=1S/C26H22N6O5S/c1-32-15-19(12-29-32)23-14-28-21-6-4-16(9-22(21)30-23)18-8-20(13-27-11-18)31-38(34,35)25-10-17(26(33)37-3)5-7-24(25)36-2/h4-15,31H,1-3H3. The van der Waals surface area contributed by atoms with Crippen molar-refractivity contribution in [3.63, 3.8) is 0 Å². The van der Waals surface area contributed by atoms with Crippen LogP contribution < -0.4 is 9.46 Å². The molecule has 3 aromatic heterocycles. The third kappa shape index (κ3) is 4.89. The smallest absolute Gasteiger partial charge is 0.337 e. The van der Waals surface area contributed by atoms with Crippen LogP contribution in [0, 0.1) is 0 Å². The van der Waals surface area contributed by atoms with Gasteiger partial charge in [0.2, 0.25) is 0 Å². The van der Waals surface area contributed by atoms with Gasteiger partial charge in [0.15, 0.2) is 0 Å². The highest BCUT2D eigenvalue weighted by Gasteiger charge is 2.22. The highest BCUT2D eigenvalue weighted by atomic mass is 32.2. The fourth-order valence-electron chi connectivity index (χ4n) is 3.88. The van der Waals surface area contributed by atoms with Crippen LogP contribution in [0.1, 0.15) is 10.4 Å². The Bertz CT molecular complexity index is 1780. The molecule has 0 spiro atoms. The number of pyridine rings is 1. The number of esters is 1. The summed E-state index contributed by atoms with van der Waals surface area (Å²) in [5, 5.41) is 4.18. The van der Waals surface area contributed by atoms with E-state index in [9.17, 15) is 13.2 Å². The molecule has 0 amide bonds. The van der Waals surface area contributed by atoms with Gasteiger partial charge in [-0.2, -0.15) is 5.10 Å². The van der Waals surface area contributed by atoms with Crippen LogP contribution >= 0.6 is 0 Å². The SMILES string of the molecule is COC(=O)c1ccc(OC)c(S(=O)(=O)Nc2cncc(-c3ccc4ncc(-c5cnn(C)c5)nc4c3)c2)c1. The van der Waals surface area contributed by atoms with Crippen molar-refractivity contribution in [2.45, 2.75) is 4.90 Å². The van der Waals surface area contributed by atoms with Crippen LogP contribution in [-0.2, 0) is 21.8 Å². The zero-order valence-corrected chi connectivity index (χ0v) is 21.4. The number of hydrogen-bond acceptors (Lipinski definition) is 9. The van der Waals surface area contributed by atoms with Crippen molar-refractivity contribution < 1.29 is 22.7 Å². The number of ether oxygens (including phenoxy) is 2. The summed E-state index contributed by atoms with van der Waals surface area (Å²) < 4.78 is 40.6. The molecule has 0 bridgehead atoms. The molecule has 0 saturated heterocycles. The minimum Gasteiger partial charge on any atom is -0.495 e. The monoisotopic (exact) mass is 530 g/mol. The van der Waals surface area contributed by atoms with Crippen LogP contribution in [0.25, 0.3) is 33.4 Å². The van der Waals surface area contributed by atoms with E-state index in [1.165, 1.54) is 38.6 Å². The number of nitrogens with one attached hydrogen (secondary N) is 1. The molecule has 0 unspecified atom stereocenters. The van der Waals surface area contributed by atoms with Crippen molar-refractivity contribution >= 4 is 32.7 Å². The van der Waals surface area contributed by atoms with Gasteiger partial charge >= 0.3 is 5.97 Å². The Morgan fingerprint density at radius 1 is 0.921 bits per heavy atom. The van der Waals surface area contributed by atoms with Crippen LogP contribution in [0.4, 0.5) is 5.69 Å². The van der Waals surface area contributed by atoms with Crippen molar-refractivity contribution in [3.8, 4) is 28.1 Å². The Morgan fingerprint density at radius 3 is 2.50 bits per heavy atom. The first kappa shape index (κ1) is 24.8. The topological polar surface area (TPSA) is 138 Å². The number of anilines is 1. The summed E-state index contributed by atoms with van der Waals surface area (Å²) in [5.74, 6) is -0.592. The zero-order valence-electron chi connectivity index (χ0n) is 20.6. The van der Waals surface area contributed by atoms with Crippen molar-refractivity contribution in [2.24, 2.45) is 7.05 Å². The lowest BCUT2D eigenvalue weighted by atomic mass is 10.1. The number of carbonyl (C=O) groups excluding carboxylic acids is 1. The van der Waals surface area contributed by atoms with Crippen molar-refractivity contribution in [1.82, 2.24) is 24.7 Å². The van der Waals surface area contributed by atoms with Gasteiger partial charge in [0.05, 0.1) is 60.8 Å². The highest BCUT2D eigenvalue weighted by molar-refractivity contribution is 7.92. The lowest BCUT2D eigenvalue weighted by Crippen LogP contribution is -2.15. The molecule has 5 rings (SSSR count). The second-order valence-corrected chi connectivity index (χ2v) is 9.94. The van der Waals surface area contributed by atoms with Crippen LogP contribution in [0.5, 0.6) is 5.75 Å². The van der Waals surface area contributed by atoms with Gasteiger partial charge in [-0.25, -0.2) is 18.2 Å². The molecule has 11 nitrogen and oxygen atoms in total. The lowest BCUT2D eigenvalue weighted by Gasteiger charge is -2.13. The number of rotatable bonds is 7. The summed E-state index contributed by atoms with van der Waals surface area (Å²) in [4.78, 5) is 25.2. The summed E-state index contributed by atoms with van der Waals surface area (Å²) in [6, 6.07) is 11.2. The van der Waals surface area contributed by atoms with Gasteiger partial charge in [-0.15, -0.1) is 0 Å². The average molecular weight is 531 g/mol. The first-order valence-electron chi connectivity index (χ1n) is 11.3. The molecule has 5 aromatic rings. The average Bonchev–Trinajstić information content (AvgIpc) is 3.37. The third-order valence-corrected chi connectivity index (χ3v) is 7.14. The summed E-state index contributed by atoms with van der Waals surface area (Å²) in [7, 11) is 0.249. The molecule has 0 saturated carbocycles. The highest BCUT2D eigenvalue weighted by Crippen LogP contribution is 2.30. The number of nitrogens with zero attached hydrogens (tertiary/aromatic N) is 5. The van der Waals surface area contributed by atoms with E-state index in [-0.39, 0.29) is 21.9 Å². The van der Waals surface area contributed by atoms with E-state index < -0.39 is 16.0 Å². The van der Waals surface area contributed by atoms with Gasteiger partial charge in [-0.05, 0) is 42.0 Å². The number of aromatic nitrogens is 5. The molecule has 12 heteroatoms. The number of sulfonamides is 1. The van der Waals surface area contributed by atoms with E-state index in [0.29, 0.717) is 22.3 Å². The van der Waals surface area contributed by atoms with Gasteiger partial charge in [0.1, 0.15) is 10.6 Å². The van der Waals surface area contributed by atoms with Gasteiger partial charge in [0.25, 0.3) is 10.0 Å². The van der Waals surface area contributed by atoms with Crippen LogP contribution in [0.2, 0.25) is 0 Å². The first-order valence-corrected chi connectivity index (χ1v) is 12.8. The van der Waals surface area contributed by atoms with E-state index in [2.05, 4.69) is 19.8 Å². The van der Waals surface area contributed by atoms with Crippen molar-refractivity contribution in [2.75, 3.05) is 18.9 Å². The number of fused-ring (bicyclic) bond motifs is 1. The van der Waals surface area contributed by atoms with E-state index in [0.717, 1.165) is 11.1 Å². The minimum atomic E-state index is -4.14. The second-order valence-electron chi connectivity index (χ2n) is 8.29. The third-order valence-electron chi connectivity index (χ3n) is 5.74. The summed E-state index contributed by atoms with van der Waals surface area (Å²) in [6.45, 7) is 0. The number of methoxy groups -OCH3 is 2. The number of benzene rings is 2. The Labute approximate surface area is 218 Å². The fourth-order valence-corrected chi connectivity index (χ4v) is 5.11. The number of aryl methyl sites for hydroxylation is 1. The Hall–Kier alpha value is -4.84. The first-order chi connectivity index (χ1) is 18.3. The maximum Gasteiger partial charge on any atom is 0.337 e. The predicted octanol–water partition coefficient (Wildman–Crippen LogP) is 3.69. The van der Waals surface area contributed by atoms with Gasteiger partial charge < -0.3 is 9.47 Å². The van der Waals surface area contributed by atoms with Crippen molar-refractivity contribution in [3.05, 3.63) is 79.0 Å². The second kappa shape index (κ2) is 9.90. The van der Waals surface area contributed by atoms with E-state index >= 15 is 0 Å². The molecule has 0 atom stereocenters. The molecule has 0 aliphatic rings. The van der Waals surface area contributed by atoms with Crippen molar-refractivity contribution in [1.29, 1.82) is 0 Å². The number of hydrogen-bond donors (Lipinski definition) is 1. The van der Waals surface area contributed by atoms with E-state index in [1.807, 2.05) is 31.4 Å². The molecule has 0 aliphatic heterocycles. The Morgan fingerprint density at radius 2 is 1.76 bits per heavy atom. The van der Waals surface area contributed by atoms with Gasteiger partial charge in [-0.1, -0.05) is 6.07 Å². The molecular weight excluding hydrogens is 508 g/mol. The molecule has 3 heterocycles. The quantitative estimate of drug-likeness (QED) is 0.312. The maximum atomic E-state index is 13.2. The van der Waals surface area contributed by atoms with Gasteiger partial charge in [0, 0.05) is 30.6 Å². The molecule has 1 N–H and O–H groups in total. The summed E-state index contributed by atoms with van der Waals surface area (Å²) in [6.07, 6.45) is 8.28. The van der Waals surface area contributed by atoms with E-state index in [1.54, 1.807) is 29.3 Å². The molecular formula is C26H22N6O5S. The minimum absolute atomic E-state index is 0.0727. The molecule has 0 fully saturated rings. The largest absolute Gasteiger partial charge is 0.495 e. The normalized spacial score (nSPS) is 11.3. The molecule has 0 radical (unpaired) electrons. The zero-order chi connectivity index (χ0) is 26.9. The Kier molecular flexibility index (Phi) is 6.47. The summed E-state index contributed by atoms with van der Waals surface area (Å²) in [5.41, 5.74) is 4.64. The molecule has 192 valence electrons. The number of carbonyl (C=O) groups is 1. The Balaban J connectivity index is 1.48.